The molecule has 0 aromatic carbocycles. The fraction of sp³-hybridized carbons (Fsp3) is 0.500. The van der Waals surface area contributed by atoms with Crippen molar-refractivity contribution in [3.63, 3.8) is 0 Å². The van der Waals surface area contributed by atoms with E-state index in [0.29, 0.717) is 24.6 Å². The number of hydrogen-bond donors (Lipinski definition) is 0. The SMILES string of the molecule is COC(=O)C1COCCN1c1nccn2c(C)nnc12. The van der Waals surface area contributed by atoms with Gasteiger partial charge in [0.05, 0.1) is 20.3 Å². The van der Waals surface area contributed by atoms with Crippen molar-refractivity contribution >= 4 is 17.4 Å². The Balaban J connectivity index is 2.05. The van der Waals surface area contributed by atoms with Crippen LogP contribution in [0.5, 0.6) is 0 Å². The molecule has 0 saturated carbocycles. The van der Waals surface area contributed by atoms with Crippen LogP contribution in [0.15, 0.2) is 12.4 Å². The van der Waals surface area contributed by atoms with E-state index in [0.717, 1.165) is 5.82 Å². The van der Waals surface area contributed by atoms with Gasteiger partial charge in [-0.3, -0.25) is 4.40 Å². The van der Waals surface area contributed by atoms with Crippen LogP contribution in [0.25, 0.3) is 5.65 Å². The Bertz CT molecular complexity index is 641. The number of hydrogen-bond acceptors (Lipinski definition) is 7. The molecule has 20 heavy (non-hydrogen) atoms. The van der Waals surface area contributed by atoms with E-state index in [1.54, 1.807) is 12.4 Å². The maximum Gasteiger partial charge on any atom is 0.330 e. The van der Waals surface area contributed by atoms with Gasteiger partial charge in [-0.15, -0.1) is 10.2 Å². The first-order valence-corrected chi connectivity index (χ1v) is 6.31. The number of aromatic nitrogens is 4. The first-order valence-electron chi connectivity index (χ1n) is 6.31. The fourth-order valence-corrected chi connectivity index (χ4v) is 2.32. The number of aryl methyl sites for hydroxylation is 1. The molecule has 1 saturated heterocycles. The van der Waals surface area contributed by atoms with E-state index in [1.807, 2.05) is 16.2 Å². The molecule has 3 rings (SSSR count). The summed E-state index contributed by atoms with van der Waals surface area (Å²) in [5.74, 6) is 1.04. The quantitative estimate of drug-likeness (QED) is 0.704. The van der Waals surface area contributed by atoms with E-state index in [1.165, 1.54) is 7.11 Å². The highest BCUT2D eigenvalue weighted by Crippen LogP contribution is 2.22. The minimum absolute atomic E-state index is 0.280. The maximum absolute atomic E-state index is 11.9. The molecule has 2 aromatic heterocycles. The van der Waals surface area contributed by atoms with Crippen molar-refractivity contribution in [1.82, 2.24) is 19.6 Å². The van der Waals surface area contributed by atoms with Crippen molar-refractivity contribution in [2.45, 2.75) is 13.0 Å². The van der Waals surface area contributed by atoms with Crippen LogP contribution < -0.4 is 4.90 Å². The minimum Gasteiger partial charge on any atom is -0.467 e. The number of ether oxygens (including phenoxy) is 2. The van der Waals surface area contributed by atoms with Gasteiger partial charge < -0.3 is 14.4 Å². The highest BCUT2D eigenvalue weighted by Gasteiger charge is 2.32. The van der Waals surface area contributed by atoms with Crippen molar-refractivity contribution in [3.8, 4) is 0 Å². The molecule has 1 aliphatic heterocycles. The zero-order chi connectivity index (χ0) is 14.1. The molecule has 1 aliphatic rings. The number of carbonyl (C=O) groups is 1. The molecule has 1 unspecified atom stereocenters. The summed E-state index contributed by atoms with van der Waals surface area (Å²) >= 11 is 0. The standard InChI is InChI=1S/C12H15N5O3/c1-8-14-15-11-10(13-3-4-16(8)11)17-5-6-20-7-9(17)12(18)19-2/h3-4,9H,5-7H2,1-2H3. The molecule has 0 bridgehead atoms. The summed E-state index contributed by atoms with van der Waals surface area (Å²) < 4.78 is 12.0. The molecule has 0 aliphatic carbocycles. The van der Waals surface area contributed by atoms with Crippen LogP contribution in [0.1, 0.15) is 5.82 Å². The lowest BCUT2D eigenvalue weighted by Crippen LogP contribution is -2.51. The average molecular weight is 277 g/mol. The smallest absolute Gasteiger partial charge is 0.330 e. The summed E-state index contributed by atoms with van der Waals surface area (Å²) in [6.45, 7) is 3.23. The van der Waals surface area contributed by atoms with Gasteiger partial charge in [-0.1, -0.05) is 0 Å². The van der Waals surface area contributed by atoms with Crippen molar-refractivity contribution < 1.29 is 14.3 Å². The third-order valence-electron chi connectivity index (χ3n) is 3.35. The minimum atomic E-state index is -0.510. The Morgan fingerprint density at radius 1 is 1.50 bits per heavy atom. The van der Waals surface area contributed by atoms with Crippen LogP contribution in [-0.2, 0) is 14.3 Å². The second-order valence-corrected chi connectivity index (χ2v) is 4.50. The van der Waals surface area contributed by atoms with E-state index in [-0.39, 0.29) is 12.6 Å². The van der Waals surface area contributed by atoms with Crippen LogP contribution in [0.3, 0.4) is 0 Å². The van der Waals surface area contributed by atoms with Crippen LogP contribution >= 0.6 is 0 Å². The van der Waals surface area contributed by atoms with Gasteiger partial charge in [0.2, 0.25) is 5.65 Å². The maximum atomic E-state index is 11.9. The van der Waals surface area contributed by atoms with Crippen molar-refractivity contribution in [3.05, 3.63) is 18.2 Å². The third-order valence-corrected chi connectivity index (χ3v) is 3.35. The van der Waals surface area contributed by atoms with Gasteiger partial charge in [-0.05, 0) is 6.92 Å². The molecule has 2 aromatic rings. The summed E-state index contributed by atoms with van der Waals surface area (Å²) in [5.41, 5.74) is 0.626. The summed E-state index contributed by atoms with van der Waals surface area (Å²) in [4.78, 5) is 18.1. The zero-order valence-electron chi connectivity index (χ0n) is 11.3. The Morgan fingerprint density at radius 2 is 2.35 bits per heavy atom. The average Bonchev–Trinajstić information content (AvgIpc) is 2.88. The summed E-state index contributed by atoms with van der Waals surface area (Å²) in [6, 6.07) is -0.510. The lowest BCUT2D eigenvalue weighted by atomic mass is 10.2. The first kappa shape index (κ1) is 12.8. The van der Waals surface area contributed by atoms with Crippen molar-refractivity contribution in [2.75, 3.05) is 31.8 Å². The summed E-state index contributed by atoms with van der Waals surface area (Å²) in [6.07, 6.45) is 3.46. The Kier molecular flexibility index (Phi) is 3.23. The van der Waals surface area contributed by atoms with Gasteiger partial charge in [0.15, 0.2) is 11.9 Å². The molecular weight excluding hydrogens is 262 g/mol. The number of anilines is 1. The number of carbonyl (C=O) groups excluding carboxylic acids is 1. The van der Waals surface area contributed by atoms with Gasteiger partial charge >= 0.3 is 5.97 Å². The highest BCUT2D eigenvalue weighted by molar-refractivity contribution is 5.82. The predicted octanol–water partition coefficient (Wildman–Crippen LogP) is -0.189. The van der Waals surface area contributed by atoms with Gasteiger partial charge in [0, 0.05) is 18.9 Å². The zero-order valence-corrected chi connectivity index (χ0v) is 11.3. The largest absolute Gasteiger partial charge is 0.467 e. The molecule has 1 fully saturated rings. The number of nitrogens with zero attached hydrogens (tertiary/aromatic N) is 5. The Morgan fingerprint density at radius 3 is 3.15 bits per heavy atom. The van der Waals surface area contributed by atoms with Crippen LogP contribution in [0.2, 0.25) is 0 Å². The summed E-state index contributed by atoms with van der Waals surface area (Å²) in [5, 5.41) is 8.17. The molecular formula is C12H15N5O3. The fourth-order valence-electron chi connectivity index (χ4n) is 2.32. The molecule has 1 atom stereocenters. The van der Waals surface area contributed by atoms with E-state index in [4.69, 9.17) is 9.47 Å². The Hall–Kier alpha value is -2.22. The summed E-state index contributed by atoms with van der Waals surface area (Å²) in [7, 11) is 1.37. The number of esters is 1. The Labute approximate surface area is 115 Å². The molecule has 0 amide bonds. The first-order chi connectivity index (χ1) is 9.72. The normalized spacial score (nSPS) is 19.3. The molecule has 3 heterocycles. The lowest BCUT2D eigenvalue weighted by Gasteiger charge is -2.34. The van der Waals surface area contributed by atoms with Crippen LogP contribution in [-0.4, -0.2) is 58.5 Å². The number of rotatable bonds is 2. The second-order valence-electron chi connectivity index (χ2n) is 4.50. The number of methoxy groups -OCH3 is 1. The van der Waals surface area contributed by atoms with Gasteiger partial charge in [0.25, 0.3) is 0 Å². The number of morpholine rings is 1. The molecule has 0 spiro atoms. The van der Waals surface area contributed by atoms with E-state index in [9.17, 15) is 4.79 Å². The lowest BCUT2D eigenvalue weighted by molar-refractivity contribution is -0.144. The predicted molar refractivity (Wildman–Crippen MR) is 69.5 cm³/mol. The number of fused-ring (bicyclic) bond motifs is 1. The van der Waals surface area contributed by atoms with E-state index >= 15 is 0 Å². The van der Waals surface area contributed by atoms with Gasteiger partial charge in [-0.25, -0.2) is 9.78 Å². The van der Waals surface area contributed by atoms with Crippen molar-refractivity contribution in [1.29, 1.82) is 0 Å². The molecule has 8 heteroatoms. The second kappa shape index (κ2) is 5.04. The third kappa shape index (κ3) is 1.97. The molecule has 8 nitrogen and oxygen atoms in total. The topological polar surface area (TPSA) is 81.9 Å². The van der Waals surface area contributed by atoms with E-state index < -0.39 is 6.04 Å². The molecule has 0 N–H and O–H groups in total. The molecule has 106 valence electrons. The van der Waals surface area contributed by atoms with Crippen molar-refractivity contribution in [2.24, 2.45) is 0 Å². The van der Waals surface area contributed by atoms with E-state index in [2.05, 4.69) is 15.2 Å². The van der Waals surface area contributed by atoms with Crippen LogP contribution in [0, 0.1) is 6.92 Å². The monoisotopic (exact) mass is 277 g/mol. The van der Waals surface area contributed by atoms with Crippen LogP contribution in [0.4, 0.5) is 5.82 Å². The van der Waals surface area contributed by atoms with Gasteiger partial charge in [0.1, 0.15) is 5.82 Å². The molecule has 0 radical (unpaired) electrons. The van der Waals surface area contributed by atoms with Gasteiger partial charge in [-0.2, -0.15) is 0 Å². The highest BCUT2D eigenvalue weighted by atomic mass is 16.5.